The van der Waals surface area contributed by atoms with E-state index in [9.17, 15) is 4.79 Å². The molecule has 19 heavy (non-hydrogen) atoms. The molecule has 3 nitrogen and oxygen atoms in total. The molecule has 1 aliphatic carbocycles. The van der Waals surface area contributed by atoms with E-state index in [0.29, 0.717) is 17.5 Å². The van der Waals surface area contributed by atoms with Gasteiger partial charge >= 0.3 is 0 Å². The zero-order chi connectivity index (χ0) is 13.8. The Labute approximate surface area is 119 Å². The maximum Gasteiger partial charge on any atom is 0.224 e. The molecule has 0 heterocycles. The molecule has 1 aliphatic rings. The fourth-order valence-electron chi connectivity index (χ4n) is 2.59. The summed E-state index contributed by atoms with van der Waals surface area (Å²) in [5, 5.41) is 3.11. The number of nitrogens with one attached hydrogen (secondary N) is 1. The van der Waals surface area contributed by atoms with Crippen LogP contribution in [0.3, 0.4) is 0 Å². The summed E-state index contributed by atoms with van der Waals surface area (Å²) in [5.41, 5.74) is 7.37. The molecule has 1 saturated carbocycles. The predicted molar refractivity (Wildman–Crippen MR) is 81.0 cm³/mol. The Bertz CT molecular complexity index is 470. The third-order valence-electron chi connectivity index (χ3n) is 3.66. The topological polar surface area (TPSA) is 55.1 Å². The smallest absolute Gasteiger partial charge is 0.224 e. The molecule has 1 amide bonds. The van der Waals surface area contributed by atoms with Crippen LogP contribution in [0.25, 0.3) is 0 Å². The van der Waals surface area contributed by atoms with Gasteiger partial charge in [0.2, 0.25) is 5.91 Å². The van der Waals surface area contributed by atoms with Crippen molar-refractivity contribution in [3.05, 3.63) is 35.4 Å². The summed E-state index contributed by atoms with van der Waals surface area (Å²) in [4.78, 5) is 12.3. The number of carbonyl (C=O) groups is 1. The SMILES string of the molecule is CC1CCC(NC(=O)Cc2ccc(C(N)=S)cc2)C1. The molecule has 1 aromatic rings. The van der Waals surface area contributed by atoms with Crippen molar-refractivity contribution in [2.75, 3.05) is 0 Å². The van der Waals surface area contributed by atoms with Crippen molar-refractivity contribution < 1.29 is 4.79 Å². The van der Waals surface area contributed by atoms with Crippen LogP contribution in [-0.2, 0) is 11.2 Å². The lowest BCUT2D eigenvalue weighted by Crippen LogP contribution is -2.34. The number of rotatable bonds is 4. The van der Waals surface area contributed by atoms with E-state index in [2.05, 4.69) is 12.2 Å². The number of benzene rings is 1. The Hall–Kier alpha value is -1.42. The van der Waals surface area contributed by atoms with Gasteiger partial charge in [-0.1, -0.05) is 43.4 Å². The molecule has 1 fully saturated rings. The zero-order valence-electron chi connectivity index (χ0n) is 11.2. The number of hydrogen-bond donors (Lipinski definition) is 2. The van der Waals surface area contributed by atoms with Crippen LogP contribution >= 0.6 is 12.2 Å². The van der Waals surface area contributed by atoms with Crippen molar-refractivity contribution in [3.8, 4) is 0 Å². The van der Waals surface area contributed by atoms with Gasteiger partial charge in [0, 0.05) is 11.6 Å². The first-order valence-electron chi connectivity index (χ1n) is 6.72. The summed E-state index contributed by atoms with van der Waals surface area (Å²) in [6.07, 6.45) is 3.84. The van der Waals surface area contributed by atoms with Crippen LogP contribution in [0, 0.1) is 5.92 Å². The normalized spacial score (nSPS) is 22.2. The second-order valence-electron chi connectivity index (χ2n) is 5.42. The Kier molecular flexibility index (Phi) is 4.53. The largest absolute Gasteiger partial charge is 0.389 e. The van der Waals surface area contributed by atoms with Gasteiger partial charge < -0.3 is 11.1 Å². The minimum Gasteiger partial charge on any atom is -0.389 e. The minimum absolute atomic E-state index is 0.0992. The first-order valence-corrected chi connectivity index (χ1v) is 7.13. The summed E-state index contributed by atoms with van der Waals surface area (Å²) in [5.74, 6) is 0.831. The van der Waals surface area contributed by atoms with Gasteiger partial charge in [-0.15, -0.1) is 0 Å². The molecule has 4 heteroatoms. The molecule has 0 bridgehead atoms. The van der Waals surface area contributed by atoms with Crippen LogP contribution in [0.1, 0.15) is 37.3 Å². The average Bonchev–Trinajstić information content (AvgIpc) is 2.75. The molecule has 0 aliphatic heterocycles. The van der Waals surface area contributed by atoms with Crippen LogP contribution in [0.5, 0.6) is 0 Å². The van der Waals surface area contributed by atoms with Gasteiger partial charge in [-0.2, -0.15) is 0 Å². The van der Waals surface area contributed by atoms with Crippen molar-refractivity contribution in [2.24, 2.45) is 11.7 Å². The highest BCUT2D eigenvalue weighted by atomic mass is 32.1. The van der Waals surface area contributed by atoms with E-state index in [1.165, 1.54) is 6.42 Å². The first-order chi connectivity index (χ1) is 9.04. The van der Waals surface area contributed by atoms with Crippen molar-refractivity contribution in [1.82, 2.24) is 5.32 Å². The number of amides is 1. The Morgan fingerprint density at radius 2 is 2.05 bits per heavy atom. The third kappa shape index (κ3) is 4.03. The quantitative estimate of drug-likeness (QED) is 0.829. The molecule has 2 rings (SSSR count). The van der Waals surface area contributed by atoms with E-state index in [1.807, 2.05) is 24.3 Å². The van der Waals surface area contributed by atoms with Gasteiger partial charge in [0.05, 0.1) is 6.42 Å². The van der Waals surface area contributed by atoms with Crippen molar-refractivity contribution in [1.29, 1.82) is 0 Å². The van der Waals surface area contributed by atoms with Crippen LogP contribution in [0.2, 0.25) is 0 Å². The van der Waals surface area contributed by atoms with Gasteiger partial charge in [0.25, 0.3) is 0 Å². The van der Waals surface area contributed by atoms with Crippen molar-refractivity contribution >= 4 is 23.1 Å². The minimum atomic E-state index is 0.0992. The molecule has 1 aromatic carbocycles. The van der Waals surface area contributed by atoms with Crippen LogP contribution < -0.4 is 11.1 Å². The molecule has 102 valence electrons. The molecular formula is C15H20N2OS. The Morgan fingerprint density at radius 1 is 1.37 bits per heavy atom. The number of nitrogens with two attached hydrogens (primary N) is 1. The third-order valence-corrected chi connectivity index (χ3v) is 3.90. The van der Waals surface area contributed by atoms with Gasteiger partial charge in [0.15, 0.2) is 0 Å². The molecule has 0 radical (unpaired) electrons. The second kappa shape index (κ2) is 6.15. The van der Waals surface area contributed by atoms with Gasteiger partial charge in [-0.25, -0.2) is 0 Å². The lowest BCUT2D eigenvalue weighted by molar-refractivity contribution is -0.121. The zero-order valence-corrected chi connectivity index (χ0v) is 12.0. The number of thiocarbonyl (C=S) groups is 1. The van der Waals surface area contributed by atoms with Crippen molar-refractivity contribution in [3.63, 3.8) is 0 Å². The predicted octanol–water partition coefficient (Wildman–Crippen LogP) is 2.17. The highest BCUT2D eigenvalue weighted by molar-refractivity contribution is 7.80. The number of carbonyl (C=O) groups excluding carboxylic acids is 1. The van der Waals surface area contributed by atoms with Gasteiger partial charge in [-0.3, -0.25) is 4.79 Å². The summed E-state index contributed by atoms with van der Waals surface area (Å²) < 4.78 is 0. The molecule has 0 spiro atoms. The summed E-state index contributed by atoms with van der Waals surface area (Å²) in [7, 11) is 0. The van der Waals surface area contributed by atoms with E-state index in [-0.39, 0.29) is 5.91 Å². The molecule has 0 saturated heterocycles. The molecular weight excluding hydrogens is 256 g/mol. The van der Waals surface area contributed by atoms with Crippen molar-refractivity contribution in [2.45, 2.75) is 38.6 Å². The van der Waals surface area contributed by atoms with E-state index < -0.39 is 0 Å². The Morgan fingerprint density at radius 3 is 2.58 bits per heavy atom. The lowest BCUT2D eigenvalue weighted by Gasteiger charge is -2.12. The van der Waals surface area contributed by atoms with E-state index in [4.69, 9.17) is 18.0 Å². The Balaban J connectivity index is 1.86. The lowest BCUT2D eigenvalue weighted by atomic mass is 10.1. The fourth-order valence-corrected chi connectivity index (χ4v) is 2.73. The maximum absolute atomic E-state index is 11.9. The molecule has 3 N–H and O–H groups in total. The van der Waals surface area contributed by atoms with E-state index in [0.717, 1.165) is 29.9 Å². The van der Waals surface area contributed by atoms with Crippen LogP contribution in [0.4, 0.5) is 0 Å². The number of hydrogen-bond acceptors (Lipinski definition) is 2. The monoisotopic (exact) mass is 276 g/mol. The molecule has 2 atom stereocenters. The van der Waals surface area contributed by atoms with Crippen LogP contribution in [-0.4, -0.2) is 16.9 Å². The molecule has 2 unspecified atom stereocenters. The summed E-state index contributed by atoms with van der Waals surface area (Å²) in [6.45, 7) is 2.24. The van der Waals surface area contributed by atoms with E-state index in [1.54, 1.807) is 0 Å². The highest BCUT2D eigenvalue weighted by Crippen LogP contribution is 2.24. The fraction of sp³-hybridized carbons (Fsp3) is 0.467. The van der Waals surface area contributed by atoms with E-state index >= 15 is 0 Å². The summed E-state index contributed by atoms with van der Waals surface area (Å²) >= 11 is 4.90. The first kappa shape index (κ1) is 14.0. The van der Waals surface area contributed by atoms with Crippen LogP contribution in [0.15, 0.2) is 24.3 Å². The van der Waals surface area contributed by atoms with Gasteiger partial charge in [-0.05, 0) is 30.7 Å². The molecule has 0 aromatic heterocycles. The maximum atomic E-state index is 11.9. The highest BCUT2D eigenvalue weighted by Gasteiger charge is 2.22. The summed E-state index contributed by atoms with van der Waals surface area (Å²) in [6, 6.07) is 7.90. The second-order valence-corrected chi connectivity index (χ2v) is 5.86. The standard InChI is InChI=1S/C15H20N2OS/c1-10-2-7-13(8-10)17-14(18)9-11-3-5-12(6-4-11)15(16)19/h3-6,10,13H,2,7-9H2,1H3,(H2,16,19)(H,17,18). The van der Waals surface area contributed by atoms with Gasteiger partial charge in [0.1, 0.15) is 4.99 Å². The average molecular weight is 276 g/mol.